The third kappa shape index (κ3) is 2.07. The second kappa shape index (κ2) is 3.64. The molecule has 0 radical (unpaired) electrons. The first-order valence-corrected chi connectivity index (χ1v) is 5.80. The summed E-state index contributed by atoms with van der Waals surface area (Å²) in [6, 6.07) is 6.94. The predicted octanol–water partition coefficient (Wildman–Crippen LogP) is 2.98. The Balaban J connectivity index is 2.36. The van der Waals surface area contributed by atoms with Gasteiger partial charge in [0, 0.05) is 19.0 Å². The summed E-state index contributed by atoms with van der Waals surface area (Å²) in [4.78, 5) is 0. The number of rotatable bonds is 1. The van der Waals surface area contributed by atoms with Crippen LogP contribution in [0.4, 0.5) is 0 Å². The minimum atomic E-state index is 0.264. The maximum absolute atomic E-state index is 3.35. The summed E-state index contributed by atoms with van der Waals surface area (Å²) < 4.78 is 0. The summed E-state index contributed by atoms with van der Waals surface area (Å²) in [5.41, 5.74) is 4.70. The Morgan fingerprint density at radius 2 is 1.87 bits per heavy atom. The summed E-state index contributed by atoms with van der Waals surface area (Å²) >= 11 is 0. The van der Waals surface area contributed by atoms with Gasteiger partial charge in [0.1, 0.15) is 0 Å². The Morgan fingerprint density at radius 1 is 1.20 bits per heavy atom. The third-order valence-electron chi connectivity index (χ3n) is 3.37. The van der Waals surface area contributed by atoms with Crippen LogP contribution in [-0.2, 0) is 5.41 Å². The standard InChI is InChI=1S/C14H21N/c1-10-5-6-12(14(2,3)4)7-13(10)11-8-15-9-11/h5-7,11,15H,8-9H2,1-4H3. The Kier molecular flexibility index (Phi) is 2.59. The van der Waals surface area contributed by atoms with Crippen LogP contribution in [0.5, 0.6) is 0 Å². The van der Waals surface area contributed by atoms with Crippen molar-refractivity contribution in [1.29, 1.82) is 0 Å². The van der Waals surface area contributed by atoms with Crippen LogP contribution in [0.3, 0.4) is 0 Å². The Morgan fingerprint density at radius 3 is 2.33 bits per heavy atom. The molecule has 82 valence electrons. The van der Waals surface area contributed by atoms with Crippen molar-refractivity contribution in [3.8, 4) is 0 Å². The average Bonchev–Trinajstić information content (AvgIpc) is 2.03. The van der Waals surface area contributed by atoms with Crippen LogP contribution in [0.2, 0.25) is 0 Å². The zero-order valence-electron chi connectivity index (χ0n) is 10.2. The van der Waals surface area contributed by atoms with Crippen molar-refractivity contribution in [2.75, 3.05) is 13.1 Å². The van der Waals surface area contributed by atoms with Gasteiger partial charge < -0.3 is 5.32 Å². The van der Waals surface area contributed by atoms with Crippen LogP contribution < -0.4 is 5.32 Å². The van der Waals surface area contributed by atoms with E-state index in [9.17, 15) is 0 Å². The van der Waals surface area contributed by atoms with E-state index in [4.69, 9.17) is 0 Å². The van der Waals surface area contributed by atoms with E-state index in [1.165, 1.54) is 11.1 Å². The van der Waals surface area contributed by atoms with Gasteiger partial charge >= 0.3 is 0 Å². The monoisotopic (exact) mass is 203 g/mol. The fourth-order valence-electron chi connectivity index (χ4n) is 2.06. The van der Waals surface area contributed by atoms with Crippen molar-refractivity contribution in [2.45, 2.75) is 39.0 Å². The average molecular weight is 203 g/mol. The maximum atomic E-state index is 3.35. The molecule has 1 aliphatic heterocycles. The number of benzene rings is 1. The van der Waals surface area contributed by atoms with Gasteiger partial charge in [-0.3, -0.25) is 0 Å². The second-order valence-corrected chi connectivity index (χ2v) is 5.68. The molecule has 1 fully saturated rings. The molecule has 0 atom stereocenters. The smallest absolute Gasteiger partial charge is 0.00912 e. The van der Waals surface area contributed by atoms with Crippen molar-refractivity contribution in [3.63, 3.8) is 0 Å². The third-order valence-corrected chi connectivity index (χ3v) is 3.37. The molecular formula is C14H21N. The highest BCUT2D eigenvalue weighted by molar-refractivity contribution is 5.38. The fourth-order valence-corrected chi connectivity index (χ4v) is 2.06. The molecule has 2 rings (SSSR count). The van der Waals surface area contributed by atoms with E-state index >= 15 is 0 Å². The lowest BCUT2D eigenvalue weighted by Gasteiger charge is -2.30. The number of hydrogen-bond acceptors (Lipinski definition) is 1. The van der Waals surface area contributed by atoms with Crippen molar-refractivity contribution in [1.82, 2.24) is 5.32 Å². The fraction of sp³-hybridized carbons (Fsp3) is 0.571. The summed E-state index contributed by atoms with van der Waals surface area (Å²) in [5, 5.41) is 3.35. The second-order valence-electron chi connectivity index (χ2n) is 5.68. The van der Waals surface area contributed by atoms with Crippen LogP contribution in [0, 0.1) is 6.92 Å². The van der Waals surface area contributed by atoms with E-state index in [0.29, 0.717) is 0 Å². The topological polar surface area (TPSA) is 12.0 Å². The highest BCUT2D eigenvalue weighted by Crippen LogP contribution is 2.29. The van der Waals surface area contributed by atoms with E-state index < -0.39 is 0 Å². The van der Waals surface area contributed by atoms with Gasteiger partial charge in [0.05, 0.1) is 0 Å². The van der Waals surface area contributed by atoms with Crippen LogP contribution in [0.15, 0.2) is 18.2 Å². The highest BCUT2D eigenvalue weighted by atomic mass is 14.9. The molecule has 0 saturated carbocycles. The molecule has 1 nitrogen and oxygen atoms in total. The molecule has 1 saturated heterocycles. The van der Waals surface area contributed by atoms with Gasteiger partial charge in [0.2, 0.25) is 0 Å². The van der Waals surface area contributed by atoms with Crippen LogP contribution in [-0.4, -0.2) is 13.1 Å². The largest absolute Gasteiger partial charge is 0.315 e. The van der Waals surface area contributed by atoms with Gasteiger partial charge in [-0.05, 0) is 29.0 Å². The van der Waals surface area contributed by atoms with Crippen molar-refractivity contribution in [2.24, 2.45) is 0 Å². The van der Waals surface area contributed by atoms with Gasteiger partial charge in [-0.2, -0.15) is 0 Å². The van der Waals surface area contributed by atoms with E-state index in [-0.39, 0.29) is 5.41 Å². The lowest BCUT2D eigenvalue weighted by atomic mass is 9.82. The molecular weight excluding hydrogens is 182 g/mol. The first-order chi connectivity index (χ1) is 6.98. The summed E-state index contributed by atoms with van der Waals surface area (Å²) in [5.74, 6) is 0.743. The van der Waals surface area contributed by atoms with Crippen LogP contribution >= 0.6 is 0 Å². The Labute approximate surface area is 92.9 Å². The van der Waals surface area contributed by atoms with E-state index in [1.54, 1.807) is 5.56 Å². The molecule has 0 bridgehead atoms. The van der Waals surface area contributed by atoms with Gasteiger partial charge in [0.25, 0.3) is 0 Å². The number of hydrogen-bond donors (Lipinski definition) is 1. The van der Waals surface area contributed by atoms with Gasteiger partial charge in [-0.1, -0.05) is 39.0 Å². The minimum Gasteiger partial charge on any atom is -0.315 e. The van der Waals surface area contributed by atoms with E-state index in [2.05, 4.69) is 51.2 Å². The number of nitrogens with one attached hydrogen (secondary N) is 1. The summed E-state index contributed by atoms with van der Waals surface area (Å²) in [7, 11) is 0. The molecule has 0 aliphatic carbocycles. The Hall–Kier alpha value is -0.820. The molecule has 1 aromatic rings. The Bertz CT molecular complexity index is 356. The molecule has 1 heteroatoms. The normalized spacial score (nSPS) is 17.6. The molecule has 1 aromatic carbocycles. The lowest BCUT2D eigenvalue weighted by molar-refractivity contribution is 0.445. The molecule has 1 N–H and O–H groups in total. The zero-order valence-corrected chi connectivity index (χ0v) is 10.2. The molecule has 0 spiro atoms. The molecule has 15 heavy (non-hydrogen) atoms. The maximum Gasteiger partial charge on any atom is 0.00912 e. The molecule has 0 unspecified atom stereocenters. The van der Waals surface area contributed by atoms with Crippen molar-refractivity contribution < 1.29 is 0 Å². The lowest BCUT2D eigenvalue weighted by Crippen LogP contribution is -2.40. The van der Waals surface area contributed by atoms with Crippen LogP contribution in [0.25, 0.3) is 0 Å². The minimum absolute atomic E-state index is 0.264. The van der Waals surface area contributed by atoms with E-state index in [0.717, 1.165) is 19.0 Å². The first-order valence-electron chi connectivity index (χ1n) is 5.80. The predicted molar refractivity (Wildman–Crippen MR) is 65.5 cm³/mol. The number of aryl methyl sites for hydroxylation is 1. The highest BCUT2D eigenvalue weighted by Gasteiger charge is 2.22. The van der Waals surface area contributed by atoms with Crippen molar-refractivity contribution >= 4 is 0 Å². The zero-order chi connectivity index (χ0) is 11.1. The molecule has 0 amide bonds. The van der Waals surface area contributed by atoms with E-state index in [1.807, 2.05) is 0 Å². The van der Waals surface area contributed by atoms with Gasteiger partial charge in [0.15, 0.2) is 0 Å². The van der Waals surface area contributed by atoms with Gasteiger partial charge in [-0.25, -0.2) is 0 Å². The van der Waals surface area contributed by atoms with Crippen LogP contribution in [0.1, 0.15) is 43.4 Å². The summed E-state index contributed by atoms with van der Waals surface area (Å²) in [6.07, 6.45) is 0. The first kappa shape index (κ1) is 10.7. The molecule has 0 aromatic heterocycles. The quantitative estimate of drug-likeness (QED) is 0.740. The van der Waals surface area contributed by atoms with Gasteiger partial charge in [-0.15, -0.1) is 0 Å². The SMILES string of the molecule is Cc1ccc(C(C)(C)C)cc1C1CNC1. The summed E-state index contributed by atoms with van der Waals surface area (Å²) in [6.45, 7) is 11.4. The molecule has 1 aliphatic rings. The molecule has 1 heterocycles. The van der Waals surface area contributed by atoms with Crippen molar-refractivity contribution in [3.05, 3.63) is 34.9 Å².